The van der Waals surface area contributed by atoms with E-state index in [-0.39, 0.29) is 36.4 Å². The zero-order valence-corrected chi connectivity index (χ0v) is 18.0. The van der Waals surface area contributed by atoms with E-state index in [0.717, 1.165) is 25.0 Å². The zero-order chi connectivity index (χ0) is 22.4. The van der Waals surface area contributed by atoms with Gasteiger partial charge in [-0.15, -0.1) is 0 Å². The second-order valence-electron chi connectivity index (χ2n) is 8.84. The standard InChI is InChI=1S/C23H32F3N3O2/c1-16(17-7-9-18(10-8-17)23(24,25)26)15-21(30)27-20-11-13-29(14-12-20)22(31)28-19-5-3-2-4-6-19/h7-10,16,19-20H,2-6,11-15H2,1H3,(H,27,30)(H,28,31). The van der Waals surface area contributed by atoms with Crippen molar-refractivity contribution in [3.8, 4) is 0 Å². The summed E-state index contributed by atoms with van der Waals surface area (Å²) in [4.78, 5) is 26.7. The normalized spacial score (nSPS) is 19.7. The first kappa shape index (κ1) is 23.4. The number of hydrogen-bond donors (Lipinski definition) is 2. The summed E-state index contributed by atoms with van der Waals surface area (Å²) >= 11 is 0. The Labute approximate surface area is 181 Å². The monoisotopic (exact) mass is 439 g/mol. The summed E-state index contributed by atoms with van der Waals surface area (Å²) in [5.74, 6) is -0.291. The van der Waals surface area contributed by atoms with Crippen molar-refractivity contribution >= 4 is 11.9 Å². The molecule has 0 bridgehead atoms. The van der Waals surface area contributed by atoms with Crippen LogP contribution in [0.5, 0.6) is 0 Å². The lowest BCUT2D eigenvalue weighted by Crippen LogP contribution is -2.51. The molecule has 1 saturated heterocycles. The number of rotatable bonds is 5. The number of alkyl halides is 3. The van der Waals surface area contributed by atoms with E-state index in [0.29, 0.717) is 31.5 Å². The average molecular weight is 440 g/mol. The van der Waals surface area contributed by atoms with Crippen LogP contribution in [0.3, 0.4) is 0 Å². The van der Waals surface area contributed by atoms with E-state index < -0.39 is 11.7 Å². The Balaban J connectivity index is 1.39. The van der Waals surface area contributed by atoms with E-state index in [1.165, 1.54) is 31.4 Å². The third kappa shape index (κ3) is 6.87. The quantitative estimate of drug-likeness (QED) is 0.691. The summed E-state index contributed by atoms with van der Waals surface area (Å²) in [6, 6.07) is 5.27. The molecular formula is C23H32F3N3O2. The molecule has 3 rings (SSSR count). The first-order chi connectivity index (χ1) is 14.7. The van der Waals surface area contributed by atoms with Crippen LogP contribution in [-0.4, -0.2) is 42.0 Å². The van der Waals surface area contributed by atoms with E-state index in [1.807, 2.05) is 11.8 Å². The molecule has 2 fully saturated rings. The third-order valence-electron chi connectivity index (χ3n) is 6.38. The van der Waals surface area contributed by atoms with Gasteiger partial charge in [-0.2, -0.15) is 13.2 Å². The Morgan fingerprint density at radius 2 is 1.55 bits per heavy atom. The van der Waals surface area contributed by atoms with Gasteiger partial charge in [0, 0.05) is 31.6 Å². The molecule has 1 aliphatic heterocycles. The first-order valence-corrected chi connectivity index (χ1v) is 11.2. The molecule has 1 heterocycles. The molecule has 1 saturated carbocycles. The topological polar surface area (TPSA) is 61.4 Å². The van der Waals surface area contributed by atoms with Crippen LogP contribution in [0.15, 0.2) is 24.3 Å². The smallest absolute Gasteiger partial charge is 0.353 e. The number of likely N-dealkylation sites (tertiary alicyclic amines) is 1. The fourth-order valence-corrected chi connectivity index (χ4v) is 4.42. The highest BCUT2D eigenvalue weighted by atomic mass is 19.4. The van der Waals surface area contributed by atoms with Gasteiger partial charge in [0.25, 0.3) is 0 Å². The highest BCUT2D eigenvalue weighted by Crippen LogP contribution is 2.30. The molecule has 172 valence electrons. The molecule has 0 spiro atoms. The van der Waals surface area contributed by atoms with Gasteiger partial charge in [0.05, 0.1) is 5.56 Å². The Bertz CT molecular complexity index is 737. The van der Waals surface area contributed by atoms with E-state index in [1.54, 1.807) is 0 Å². The van der Waals surface area contributed by atoms with Crippen molar-refractivity contribution in [2.75, 3.05) is 13.1 Å². The van der Waals surface area contributed by atoms with Gasteiger partial charge in [-0.3, -0.25) is 4.79 Å². The number of nitrogens with zero attached hydrogens (tertiary/aromatic N) is 1. The van der Waals surface area contributed by atoms with E-state index in [9.17, 15) is 22.8 Å². The van der Waals surface area contributed by atoms with Gasteiger partial charge in [0.1, 0.15) is 0 Å². The van der Waals surface area contributed by atoms with Crippen LogP contribution in [0.1, 0.15) is 75.3 Å². The number of halogens is 3. The molecule has 1 aromatic carbocycles. The predicted molar refractivity (Wildman–Crippen MR) is 113 cm³/mol. The maximum absolute atomic E-state index is 12.7. The highest BCUT2D eigenvalue weighted by molar-refractivity contribution is 5.77. The second-order valence-corrected chi connectivity index (χ2v) is 8.84. The van der Waals surface area contributed by atoms with Crippen LogP contribution in [0, 0.1) is 0 Å². The Kier molecular flexibility index (Phi) is 7.84. The summed E-state index contributed by atoms with van der Waals surface area (Å²) in [6.45, 7) is 3.05. The van der Waals surface area contributed by atoms with Gasteiger partial charge in [0.15, 0.2) is 0 Å². The van der Waals surface area contributed by atoms with Crippen molar-refractivity contribution < 1.29 is 22.8 Å². The minimum Gasteiger partial charge on any atom is -0.353 e. The van der Waals surface area contributed by atoms with Crippen LogP contribution in [0.2, 0.25) is 0 Å². The Morgan fingerprint density at radius 1 is 0.968 bits per heavy atom. The first-order valence-electron chi connectivity index (χ1n) is 11.2. The average Bonchev–Trinajstić information content (AvgIpc) is 2.74. The summed E-state index contributed by atoms with van der Waals surface area (Å²) in [5, 5.41) is 6.15. The van der Waals surface area contributed by atoms with Crippen molar-refractivity contribution in [1.82, 2.24) is 15.5 Å². The number of benzene rings is 1. The number of amides is 3. The van der Waals surface area contributed by atoms with Gasteiger partial charge < -0.3 is 15.5 Å². The lowest BCUT2D eigenvalue weighted by atomic mass is 9.95. The van der Waals surface area contributed by atoms with Crippen molar-refractivity contribution in [1.29, 1.82) is 0 Å². The van der Waals surface area contributed by atoms with E-state index in [2.05, 4.69) is 10.6 Å². The SMILES string of the molecule is CC(CC(=O)NC1CCN(C(=O)NC2CCCCC2)CC1)c1ccc(C(F)(F)F)cc1. The van der Waals surface area contributed by atoms with Crippen molar-refractivity contribution in [2.24, 2.45) is 0 Å². The summed E-state index contributed by atoms with van der Waals surface area (Å²) in [5.41, 5.74) is 0.0181. The molecule has 1 aromatic rings. The van der Waals surface area contributed by atoms with Crippen LogP contribution >= 0.6 is 0 Å². The minimum absolute atomic E-state index is 0.00685. The number of carbonyl (C=O) groups excluding carboxylic acids is 2. The molecule has 1 unspecified atom stereocenters. The summed E-state index contributed by atoms with van der Waals surface area (Å²) < 4.78 is 38.1. The summed E-state index contributed by atoms with van der Waals surface area (Å²) in [6.07, 6.45) is 2.96. The number of urea groups is 1. The maximum atomic E-state index is 12.7. The molecule has 0 radical (unpaired) electrons. The second kappa shape index (κ2) is 10.4. The summed E-state index contributed by atoms with van der Waals surface area (Å²) in [7, 11) is 0. The lowest BCUT2D eigenvalue weighted by Gasteiger charge is -2.34. The number of carbonyl (C=O) groups is 2. The Morgan fingerprint density at radius 3 is 2.13 bits per heavy atom. The van der Waals surface area contributed by atoms with Gasteiger partial charge in [-0.1, -0.05) is 38.3 Å². The van der Waals surface area contributed by atoms with Crippen LogP contribution in [-0.2, 0) is 11.0 Å². The fourth-order valence-electron chi connectivity index (χ4n) is 4.42. The van der Waals surface area contributed by atoms with Gasteiger partial charge in [0.2, 0.25) is 5.91 Å². The number of hydrogen-bond acceptors (Lipinski definition) is 2. The maximum Gasteiger partial charge on any atom is 0.416 e. The molecule has 3 amide bonds. The molecule has 31 heavy (non-hydrogen) atoms. The van der Waals surface area contributed by atoms with Crippen molar-refractivity contribution in [3.05, 3.63) is 35.4 Å². The van der Waals surface area contributed by atoms with Gasteiger partial charge in [-0.25, -0.2) is 4.79 Å². The van der Waals surface area contributed by atoms with Gasteiger partial charge in [-0.05, 0) is 49.3 Å². The Hall–Kier alpha value is -2.25. The highest BCUT2D eigenvalue weighted by Gasteiger charge is 2.30. The molecule has 0 aromatic heterocycles. The molecule has 5 nitrogen and oxygen atoms in total. The van der Waals surface area contributed by atoms with Crippen LogP contribution < -0.4 is 10.6 Å². The van der Waals surface area contributed by atoms with Crippen molar-refractivity contribution in [3.63, 3.8) is 0 Å². The predicted octanol–water partition coefficient (Wildman–Crippen LogP) is 4.82. The largest absolute Gasteiger partial charge is 0.416 e. The van der Waals surface area contributed by atoms with Crippen molar-refractivity contribution in [2.45, 2.75) is 82.5 Å². The lowest BCUT2D eigenvalue weighted by molar-refractivity contribution is -0.137. The molecule has 2 N–H and O–H groups in total. The molecule has 1 atom stereocenters. The number of piperidine rings is 1. The van der Waals surface area contributed by atoms with E-state index >= 15 is 0 Å². The molecule has 8 heteroatoms. The van der Waals surface area contributed by atoms with Gasteiger partial charge >= 0.3 is 12.2 Å². The minimum atomic E-state index is -4.36. The molecule has 2 aliphatic rings. The van der Waals surface area contributed by atoms with Crippen LogP contribution in [0.4, 0.5) is 18.0 Å². The molecule has 1 aliphatic carbocycles. The number of nitrogens with one attached hydrogen (secondary N) is 2. The fraction of sp³-hybridized carbons (Fsp3) is 0.652. The molecular weight excluding hydrogens is 407 g/mol. The third-order valence-corrected chi connectivity index (χ3v) is 6.38. The van der Waals surface area contributed by atoms with E-state index in [4.69, 9.17) is 0 Å². The zero-order valence-electron chi connectivity index (χ0n) is 18.0. The van der Waals surface area contributed by atoms with Crippen LogP contribution in [0.25, 0.3) is 0 Å².